The number of carbonyl (C=O) groups is 1. The van der Waals surface area contributed by atoms with Crippen molar-refractivity contribution in [3.8, 4) is 17.2 Å². The van der Waals surface area contributed by atoms with Crippen LogP contribution in [0.2, 0.25) is 0 Å². The van der Waals surface area contributed by atoms with Crippen molar-refractivity contribution in [2.45, 2.75) is 30.4 Å². The van der Waals surface area contributed by atoms with Crippen molar-refractivity contribution in [2.75, 3.05) is 12.4 Å². The van der Waals surface area contributed by atoms with Crippen LogP contribution in [0.4, 0.5) is 10.1 Å². The zero-order valence-electron chi connectivity index (χ0n) is 19.5. The van der Waals surface area contributed by atoms with Crippen molar-refractivity contribution >= 4 is 23.4 Å². The van der Waals surface area contributed by atoms with Crippen LogP contribution in [0, 0.1) is 5.82 Å². The van der Waals surface area contributed by atoms with Gasteiger partial charge in [0, 0.05) is 11.4 Å². The first kappa shape index (κ1) is 24.3. The number of benzene rings is 3. The molecular formula is C26H25FN4O3S. The molecule has 1 amide bonds. The zero-order chi connectivity index (χ0) is 24.8. The normalized spacial score (nSPS) is 12.6. The molecule has 0 aliphatic rings. The molecule has 0 bridgehead atoms. The van der Waals surface area contributed by atoms with E-state index in [1.54, 1.807) is 14.0 Å². The molecule has 0 spiro atoms. The third-order valence-electron chi connectivity index (χ3n) is 5.17. The lowest BCUT2D eigenvalue weighted by molar-refractivity contribution is -0.115. The summed E-state index contributed by atoms with van der Waals surface area (Å²) in [7, 11) is 1.61. The summed E-state index contributed by atoms with van der Waals surface area (Å²) in [5, 5.41) is 11.6. The number of thioether (sulfide) groups is 1. The molecule has 2 unspecified atom stereocenters. The minimum absolute atomic E-state index is 0.228. The van der Waals surface area contributed by atoms with E-state index in [1.165, 1.54) is 36.0 Å². The molecule has 0 saturated carbocycles. The molecule has 0 fully saturated rings. The SMILES string of the molecule is COc1ccc(OC(C)c2nnc(SC(C)C(=O)Nc3ccc(F)cc3)n2-c2ccccc2)cc1. The summed E-state index contributed by atoms with van der Waals surface area (Å²) in [4.78, 5) is 12.8. The molecule has 3 aromatic carbocycles. The Hall–Kier alpha value is -3.85. The van der Waals surface area contributed by atoms with Crippen molar-refractivity contribution in [1.29, 1.82) is 0 Å². The first-order valence-electron chi connectivity index (χ1n) is 11.0. The molecule has 35 heavy (non-hydrogen) atoms. The van der Waals surface area contributed by atoms with E-state index in [4.69, 9.17) is 9.47 Å². The summed E-state index contributed by atoms with van der Waals surface area (Å²) in [6.45, 7) is 3.68. The van der Waals surface area contributed by atoms with Crippen molar-refractivity contribution in [1.82, 2.24) is 14.8 Å². The lowest BCUT2D eigenvalue weighted by Gasteiger charge is -2.18. The molecule has 0 aliphatic carbocycles. The van der Waals surface area contributed by atoms with Gasteiger partial charge < -0.3 is 14.8 Å². The fraction of sp³-hybridized carbons (Fsp3) is 0.192. The molecule has 4 aromatic rings. The lowest BCUT2D eigenvalue weighted by atomic mass is 10.3. The number of methoxy groups -OCH3 is 1. The van der Waals surface area contributed by atoms with E-state index >= 15 is 0 Å². The number of halogens is 1. The minimum atomic E-state index is -0.489. The highest BCUT2D eigenvalue weighted by molar-refractivity contribution is 8.00. The minimum Gasteiger partial charge on any atom is -0.497 e. The Morgan fingerprint density at radius 1 is 0.943 bits per heavy atom. The topological polar surface area (TPSA) is 78.3 Å². The number of para-hydroxylation sites is 1. The maximum Gasteiger partial charge on any atom is 0.237 e. The van der Waals surface area contributed by atoms with Gasteiger partial charge in [0.2, 0.25) is 5.91 Å². The second-order valence-corrected chi connectivity index (χ2v) is 9.01. The Kier molecular flexibility index (Phi) is 7.67. The Balaban J connectivity index is 1.56. The number of anilines is 1. The molecule has 1 heterocycles. The monoisotopic (exact) mass is 492 g/mol. The standard InChI is InChI=1S/C26H25FN4O3S/c1-17(34-23-15-13-22(33-3)14-16-23)24-29-30-26(31(24)21-7-5-4-6-8-21)35-18(2)25(32)28-20-11-9-19(27)10-12-20/h4-18H,1-3H3,(H,28,32). The predicted octanol–water partition coefficient (Wildman–Crippen LogP) is 5.67. The first-order valence-corrected chi connectivity index (χ1v) is 11.9. The highest BCUT2D eigenvalue weighted by atomic mass is 32.2. The summed E-state index contributed by atoms with van der Waals surface area (Å²) in [6.07, 6.45) is -0.422. The van der Waals surface area contributed by atoms with Gasteiger partial charge in [-0.05, 0) is 74.5 Å². The van der Waals surface area contributed by atoms with Crippen LogP contribution in [0.3, 0.4) is 0 Å². The van der Waals surface area contributed by atoms with E-state index in [-0.39, 0.29) is 11.7 Å². The Bertz CT molecular complexity index is 1260. The Morgan fingerprint density at radius 2 is 1.60 bits per heavy atom. The molecule has 180 valence electrons. The third-order valence-corrected chi connectivity index (χ3v) is 6.21. The van der Waals surface area contributed by atoms with Crippen molar-refractivity contribution < 1.29 is 18.7 Å². The largest absolute Gasteiger partial charge is 0.497 e. The van der Waals surface area contributed by atoms with Crippen LogP contribution in [0.15, 0.2) is 84.0 Å². The second-order valence-electron chi connectivity index (χ2n) is 7.70. The van der Waals surface area contributed by atoms with Gasteiger partial charge in [0.05, 0.1) is 12.4 Å². The van der Waals surface area contributed by atoms with Crippen LogP contribution >= 0.6 is 11.8 Å². The Morgan fingerprint density at radius 3 is 2.26 bits per heavy atom. The molecule has 7 nitrogen and oxygen atoms in total. The number of nitrogens with zero attached hydrogens (tertiary/aromatic N) is 3. The fourth-order valence-corrected chi connectivity index (χ4v) is 4.21. The Labute approximate surface area is 207 Å². The number of hydrogen-bond donors (Lipinski definition) is 1. The summed E-state index contributed by atoms with van der Waals surface area (Å²) in [6, 6.07) is 22.6. The van der Waals surface area contributed by atoms with E-state index in [9.17, 15) is 9.18 Å². The number of nitrogens with one attached hydrogen (secondary N) is 1. The van der Waals surface area contributed by atoms with Gasteiger partial charge in [0.25, 0.3) is 0 Å². The third kappa shape index (κ3) is 5.99. The van der Waals surface area contributed by atoms with Gasteiger partial charge in [-0.3, -0.25) is 9.36 Å². The molecule has 9 heteroatoms. The van der Waals surface area contributed by atoms with E-state index in [1.807, 2.05) is 66.1 Å². The maximum absolute atomic E-state index is 13.2. The van der Waals surface area contributed by atoms with Gasteiger partial charge >= 0.3 is 0 Å². The van der Waals surface area contributed by atoms with Gasteiger partial charge in [-0.1, -0.05) is 30.0 Å². The fourth-order valence-electron chi connectivity index (χ4n) is 3.34. The molecule has 1 N–H and O–H groups in total. The summed E-state index contributed by atoms with van der Waals surface area (Å²) in [5.41, 5.74) is 1.38. The number of aromatic nitrogens is 3. The van der Waals surface area contributed by atoms with Crippen molar-refractivity contribution in [2.24, 2.45) is 0 Å². The molecule has 0 saturated heterocycles. The molecule has 0 radical (unpaired) electrons. The van der Waals surface area contributed by atoms with Gasteiger partial charge in [-0.15, -0.1) is 10.2 Å². The van der Waals surface area contributed by atoms with Gasteiger partial charge in [0.1, 0.15) is 17.3 Å². The first-order chi connectivity index (χ1) is 16.9. The number of amides is 1. The summed E-state index contributed by atoms with van der Waals surface area (Å²) in [5.74, 6) is 1.42. The average Bonchev–Trinajstić information content (AvgIpc) is 3.30. The molecule has 0 aliphatic heterocycles. The molecule has 2 atom stereocenters. The van der Waals surface area contributed by atoms with Crippen LogP contribution < -0.4 is 14.8 Å². The number of ether oxygens (including phenoxy) is 2. The van der Waals surface area contributed by atoms with Crippen LogP contribution in [0.1, 0.15) is 25.8 Å². The number of rotatable bonds is 9. The van der Waals surface area contributed by atoms with Crippen LogP contribution in [-0.4, -0.2) is 33.0 Å². The number of carbonyl (C=O) groups excluding carboxylic acids is 1. The predicted molar refractivity (Wildman–Crippen MR) is 134 cm³/mol. The summed E-state index contributed by atoms with van der Waals surface area (Å²) < 4.78 is 26.4. The van der Waals surface area contributed by atoms with E-state index in [0.29, 0.717) is 22.4 Å². The molecule has 1 aromatic heterocycles. The highest BCUT2D eigenvalue weighted by Gasteiger charge is 2.24. The summed E-state index contributed by atoms with van der Waals surface area (Å²) >= 11 is 1.28. The highest BCUT2D eigenvalue weighted by Crippen LogP contribution is 2.30. The molecular weight excluding hydrogens is 467 g/mol. The average molecular weight is 493 g/mol. The zero-order valence-corrected chi connectivity index (χ0v) is 20.3. The van der Waals surface area contributed by atoms with E-state index in [2.05, 4.69) is 15.5 Å². The van der Waals surface area contributed by atoms with Gasteiger partial charge in [-0.2, -0.15) is 0 Å². The van der Waals surface area contributed by atoms with Crippen LogP contribution in [0.5, 0.6) is 11.5 Å². The lowest BCUT2D eigenvalue weighted by Crippen LogP contribution is -2.23. The van der Waals surface area contributed by atoms with Crippen molar-refractivity contribution in [3.63, 3.8) is 0 Å². The number of hydrogen-bond acceptors (Lipinski definition) is 6. The quantitative estimate of drug-likeness (QED) is 0.303. The van der Waals surface area contributed by atoms with Gasteiger partial charge in [0.15, 0.2) is 17.1 Å². The molecule has 4 rings (SSSR count). The second kappa shape index (κ2) is 11.1. The van der Waals surface area contributed by atoms with Crippen molar-refractivity contribution in [3.05, 3.63) is 90.5 Å². The van der Waals surface area contributed by atoms with Gasteiger partial charge in [-0.25, -0.2) is 4.39 Å². The smallest absolute Gasteiger partial charge is 0.237 e. The van der Waals surface area contributed by atoms with E-state index < -0.39 is 11.4 Å². The maximum atomic E-state index is 13.2. The van der Waals surface area contributed by atoms with Crippen LogP contribution in [0.25, 0.3) is 5.69 Å². The van der Waals surface area contributed by atoms with E-state index in [0.717, 1.165) is 11.4 Å². The van der Waals surface area contributed by atoms with Crippen LogP contribution in [-0.2, 0) is 4.79 Å².